The number of hydrogen-bond acceptors (Lipinski definition) is 7. The van der Waals surface area contributed by atoms with Gasteiger partial charge in [-0.3, -0.25) is 14.5 Å². The molecule has 4 aliphatic rings. The fourth-order valence-corrected chi connectivity index (χ4v) is 8.94. The number of carboxylic acids is 1. The number of amides is 1. The Labute approximate surface area is 303 Å². The summed E-state index contributed by atoms with van der Waals surface area (Å²) in [7, 11) is 3.27. The first-order valence-corrected chi connectivity index (χ1v) is 18.5. The Kier molecular flexibility index (Phi) is 11.7. The number of hydrogen-bond donors (Lipinski definition) is 1. The average molecular weight is 734 g/mol. The van der Waals surface area contributed by atoms with E-state index < -0.39 is 47.2 Å². The first kappa shape index (κ1) is 38.3. The molecule has 6 rings (SSSR count). The van der Waals surface area contributed by atoms with Crippen molar-refractivity contribution in [1.82, 2.24) is 9.80 Å². The van der Waals surface area contributed by atoms with Crippen LogP contribution in [0.4, 0.5) is 23.2 Å². The summed E-state index contributed by atoms with van der Waals surface area (Å²) in [5, 5.41) is 9.53. The SMILES string of the molecule is CCOC[C@@H]1C[C@@H](c2ccc(C(F)(F)F)cc2N2CCC(C(=O)O)CC2)CN1C(=O)[C@]1(F)CN(C2CCC(OC)CC2)C[C@H]1c1ccc(OC)cc1. The van der Waals surface area contributed by atoms with Crippen LogP contribution in [-0.4, -0.2) is 111 Å². The van der Waals surface area contributed by atoms with Crippen LogP contribution in [0.5, 0.6) is 5.75 Å². The summed E-state index contributed by atoms with van der Waals surface area (Å²) in [4.78, 5) is 32.0. The van der Waals surface area contributed by atoms with Gasteiger partial charge in [0.2, 0.25) is 5.67 Å². The van der Waals surface area contributed by atoms with Crippen molar-refractivity contribution in [2.75, 3.05) is 65.1 Å². The zero-order chi connectivity index (χ0) is 37.2. The van der Waals surface area contributed by atoms with Crippen molar-refractivity contribution in [3.63, 3.8) is 0 Å². The second kappa shape index (κ2) is 15.9. The maximum Gasteiger partial charge on any atom is 0.416 e. The number of anilines is 1. The number of likely N-dealkylation sites (tertiary alicyclic amines) is 2. The van der Waals surface area contributed by atoms with Gasteiger partial charge in [0.25, 0.3) is 5.91 Å². The van der Waals surface area contributed by atoms with E-state index in [0.29, 0.717) is 68.1 Å². The smallest absolute Gasteiger partial charge is 0.416 e. The van der Waals surface area contributed by atoms with E-state index in [2.05, 4.69) is 4.90 Å². The highest BCUT2D eigenvalue weighted by molar-refractivity contribution is 5.88. The summed E-state index contributed by atoms with van der Waals surface area (Å²) in [6, 6.07) is 10.5. The van der Waals surface area contributed by atoms with E-state index in [0.717, 1.165) is 37.8 Å². The number of rotatable bonds is 11. The highest BCUT2D eigenvalue weighted by Crippen LogP contribution is 2.47. The first-order chi connectivity index (χ1) is 24.9. The van der Waals surface area contributed by atoms with Gasteiger partial charge in [-0.2, -0.15) is 13.2 Å². The molecule has 1 amide bonds. The second-order valence-corrected chi connectivity index (χ2v) is 14.9. The minimum absolute atomic E-state index is 0.0581. The number of methoxy groups -OCH3 is 2. The predicted octanol–water partition coefficient (Wildman–Crippen LogP) is 6.50. The summed E-state index contributed by atoms with van der Waals surface area (Å²) in [6.45, 7) is 3.44. The van der Waals surface area contributed by atoms with Crippen molar-refractivity contribution in [3.8, 4) is 5.75 Å². The Morgan fingerprint density at radius 3 is 2.25 bits per heavy atom. The first-order valence-electron chi connectivity index (χ1n) is 18.5. The number of ether oxygens (including phenoxy) is 3. The summed E-state index contributed by atoms with van der Waals surface area (Å²) < 4.78 is 76.7. The Morgan fingerprint density at radius 2 is 1.65 bits per heavy atom. The normalized spacial score (nSPS) is 29.1. The van der Waals surface area contributed by atoms with Crippen LogP contribution in [0.1, 0.15) is 80.4 Å². The number of aliphatic carboxylic acids is 1. The minimum atomic E-state index is -4.57. The highest BCUT2D eigenvalue weighted by Gasteiger charge is 2.58. The van der Waals surface area contributed by atoms with Gasteiger partial charge in [-0.25, -0.2) is 4.39 Å². The van der Waals surface area contributed by atoms with E-state index in [4.69, 9.17) is 14.2 Å². The number of carboxylic acid groups (broad SMARTS) is 1. The maximum atomic E-state index is 18.0. The standard InChI is InChI=1S/C39H51F4N3O6/c1-4-52-23-30-19-27(33-14-7-28(39(41,42)43)20-35(33)44-17-15-26(16-18-44)36(47)48)21-46(30)37(49)38(40)24-45(29-8-12-32(51-3)13-9-29)22-34(38)25-5-10-31(50-2)11-6-25/h5-7,10-11,14,20,26-27,29-30,32,34H,4,8-9,12-13,15-19,21-24H2,1-3H3,(H,47,48)/t27-,29?,30+,32?,34+,38+/m1/s1. The molecule has 3 saturated heterocycles. The number of halogens is 4. The Balaban J connectivity index is 1.31. The lowest BCUT2D eigenvalue weighted by atomic mass is 9.85. The Morgan fingerprint density at radius 1 is 0.962 bits per heavy atom. The van der Waals surface area contributed by atoms with Crippen molar-refractivity contribution in [1.29, 1.82) is 0 Å². The van der Waals surface area contributed by atoms with Crippen LogP contribution in [0.3, 0.4) is 0 Å². The lowest BCUT2D eigenvalue weighted by Crippen LogP contribution is -2.53. The monoisotopic (exact) mass is 733 g/mol. The third-order valence-corrected chi connectivity index (χ3v) is 11.9. The predicted molar refractivity (Wildman–Crippen MR) is 188 cm³/mol. The topological polar surface area (TPSA) is 91.8 Å². The molecule has 0 bridgehead atoms. The van der Waals surface area contributed by atoms with Crippen LogP contribution in [-0.2, 0) is 25.2 Å². The molecule has 3 aliphatic heterocycles. The fraction of sp³-hybridized carbons (Fsp3) is 0.641. The third kappa shape index (κ3) is 7.91. The second-order valence-electron chi connectivity index (χ2n) is 14.9. The van der Waals surface area contributed by atoms with E-state index >= 15 is 4.39 Å². The van der Waals surface area contributed by atoms with Crippen LogP contribution in [0.25, 0.3) is 0 Å². The number of benzene rings is 2. The van der Waals surface area contributed by atoms with Gasteiger partial charge in [0.15, 0.2) is 0 Å². The molecule has 0 spiro atoms. The molecule has 2 aromatic carbocycles. The number of alkyl halides is 4. The van der Waals surface area contributed by atoms with Crippen molar-refractivity contribution in [3.05, 3.63) is 59.2 Å². The zero-order valence-electron chi connectivity index (χ0n) is 30.2. The van der Waals surface area contributed by atoms with E-state index in [-0.39, 0.29) is 37.8 Å². The third-order valence-electron chi connectivity index (χ3n) is 11.9. The average Bonchev–Trinajstić information content (AvgIpc) is 3.75. The number of carbonyl (C=O) groups excluding carboxylic acids is 1. The molecule has 1 N–H and O–H groups in total. The molecule has 3 heterocycles. The van der Waals surface area contributed by atoms with E-state index in [1.807, 2.05) is 24.0 Å². The molecular formula is C39H51F4N3O6. The maximum absolute atomic E-state index is 18.0. The zero-order valence-corrected chi connectivity index (χ0v) is 30.2. The highest BCUT2D eigenvalue weighted by atomic mass is 19.4. The molecule has 286 valence electrons. The van der Waals surface area contributed by atoms with Gasteiger partial charge in [0, 0.05) is 70.0 Å². The molecule has 2 aromatic rings. The van der Waals surface area contributed by atoms with Gasteiger partial charge in [-0.15, -0.1) is 0 Å². The molecule has 1 aliphatic carbocycles. The van der Waals surface area contributed by atoms with Crippen LogP contribution in [0, 0.1) is 5.92 Å². The molecule has 13 heteroatoms. The summed E-state index contributed by atoms with van der Waals surface area (Å²) >= 11 is 0. The van der Waals surface area contributed by atoms with Crippen molar-refractivity contribution < 1.29 is 46.5 Å². The van der Waals surface area contributed by atoms with Crippen molar-refractivity contribution in [2.45, 2.75) is 93.7 Å². The number of nitrogens with zero attached hydrogens (tertiary/aromatic N) is 3. The van der Waals surface area contributed by atoms with E-state index in [1.54, 1.807) is 31.3 Å². The van der Waals surface area contributed by atoms with Crippen molar-refractivity contribution >= 4 is 17.6 Å². The summed E-state index contributed by atoms with van der Waals surface area (Å²) in [5.74, 6) is -2.58. The molecule has 0 radical (unpaired) electrons. The van der Waals surface area contributed by atoms with Gasteiger partial charge < -0.3 is 29.1 Å². The molecule has 0 unspecified atom stereocenters. The van der Waals surface area contributed by atoms with Gasteiger partial charge in [-0.05, 0) is 87.3 Å². The lowest BCUT2D eigenvalue weighted by Gasteiger charge is -2.35. The van der Waals surface area contributed by atoms with Gasteiger partial charge >= 0.3 is 12.1 Å². The molecule has 4 atom stereocenters. The van der Waals surface area contributed by atoms with E-state index in [9.17, 15) is 27.9 Å². The van der Waals surface area contributed by atoms with E-state index in [1.165, 1.54) is 6.07 Å². The molecule has 52 heavy (non-hydrogen) atoms. The molecule has 0 aromatic heterocycles. The van der Waals surface area contributed by atoms with Gasteiger partial charge in [0.05, 0.1) is 37.3 Å². The molecule has 4 fully saturated rings. The van der Waals surface area contributed by atoms with Crippen LogP contribution < -0.4 is 9.64 Å². The summed E-state index contributed by atoms with van der Waals surface area (Å²) in [5.41, 5.74) is -1.32. The van der Waals surface area contributed by atoms with Crippen LogP contribution in [0.2, 0.25) is 0 Å². The largest absolute Gasteiger partial charge is 0.497 e. The summed E-state index contributed by atoms with van der Waals surface area (Å²) in [6.07, 6.45) is 0.0426. The number of piperidine rings is 1. The lowest BCUT2D eigenvalue weighted by molar-refractivity contribution is -0.146. The Bertz CT molecular complexity index is 1540. The Hall–Kier alpha value is -3.42. The molecule has 9 nitrogen and oxygen atoms in total. The quantitative estimate of drug-likeness (QED) is 0.262. The van der Waals surface area contributed by atoms with Crippen LogP contribution in [0.15, 0.2) is 42.5 Å². The van der Waals surface area contributed by atoms with Crippen LogP contribution >= 0.6 is 0 Å². The van der Waals surface area contributed by atoms with Gasteiger partial charge in [-0.1, -0.05) is 18.2 Å². The minimum Gasteiger partial charge on any atom is -0.497 e. The fourth-order valence-electron chi connectivity index (χ4n) is 8.94. The number of carbonyl (C=O) groups is 2. The van der Waals surface area contributed by atoms with Crippen molar-refractivity contribution in [2.24, 2.45) is 5.92 Å². The van der Waals surface area contributed by atoms with Gasteiger partial charge in [0.1, 0.15) is 5.75 Å². The molecular weight excluding hydrogens is 682 g/mol. The molecule has 1 saturated carbocycles.